The highest BCUT2D eigenvalue weighted by atomic mass is 19.4. The molecule has 0 unspecified atom stereocenters. The highest BCUT2D eigenvalue weighted by Crippen LogP contribution is 2.49. The minimum atomic E-state index is -4.59. The number of pyridine rings is 1. The summed E-state index contributed by atoms with van der Waals surface area (Å²) in [5, 5.41) is 12.0. The van der Waals surface area contributed by atoms with Gasteiger partial charge in [0.1, 0.15) is 17.7 Å². The van der Waals surface area contributed by atoms with Crippen LogP contribution in [0.2, 0.25) is 0 Å². The number of nitrogens with one attached hydrogen (secondary N) is 1. The van der Waals surface area contributed by atoms with Crippen molar-refractivity contribution in [1.82, 2.24) is 4.98 Å². The standard InChI is InChI=1S/C18H15F4N5/c1-17(14(18(20,21)22)8-15(24)27-17)12-7-11(4-5-13(12)19)26-16-10(9-23)3-2-6-25-16/h2-7,14H,8H2,1H3,(H2,24,27)(H,25,26)/t14-,17-/m0/s1. The Morgan fingerprint density at radius 1 is 1.33 bits per heavy atom. The van der Waals surface area contributed by atoms with Gasteiger partial charge >= 0.3 is 6.18 Å². The number of anilines is 2. The maximum Gasteiger partial charge on any atom is 0.394 e. The van der Waals surface area contributed by atoms with E-state index in [-0.39, 0.29) is 28.5 Å². The molecule has 2 aromatic rings. The Kier molecular flexibility index (Phi) is 4.51. The summed E-state index contributed by atoms with van der Waals surface area (Å²) in [6, 6.07) is 8.70. The Bertz CT molecular complexity index is 947. The van der Waals surface area contributed by atoms with E-state index >= 15 is 0 Å². The normalized spacial score (nSPS) is 22.2. The third-order valence-corrected chi connectivity index (χ3v) is 4.57. The lowest BCUT2D eigenvalue weighted by molar-refractivity contribution is -0.187. The zero-order chi connectivity index (χ0) is 19.8. The zero-order valence-corrected chi connectivity index (χ0v) is 14.2. The number of alkyl halides is 3. The van der Waals surface area contributed by atoms with Gasteiger partial charge in [-0.25, -0.2) is 9.37 Å². The number of hydrogen-bond donors (Lipinski definition) is 2. The van der Waals surface area contributed by atoms with Gasteiger partial charge in [-0.15, -0.1) is 0 Å². The van der Waals surface area contributed by atoms with Gasteiger partial charge in [0, 0.05) is 23.9 Å². The van der Waals surface area contributed by atoms with Crippen LogP contribution < -0.4 is 11.1 Å². The van der Waals surface area contributed by atoms with E-state index in [1.807, 2.05) is 6.07 Å². The molecule has 140 valence electrons. The van der Waals surface area contributed by atoms with Gasteiger partial charge in [0.2, 0.25) is 0 Å². The number of aromatic nitrogens is 1. The fraction of sp³-hybridized carbons (Fsp3) is 0.278. The number of amidine groups is 1. The molecule has 0 saturated heterocycles. The molecule has 0 spiro atoms. The van der Waals surface area contributed by atoms with Crippen LogP contribution in [0.15, 0.2) is 41.5 Å². The van der Waals surface area contributed by atoms with Gasteiger partial charge in [-0.1, -0.05) is 0 Å². The van der Waals surface area contributed by atoms with E-state index in [1.54, 1.807) is 6.07 Å². The Hall–Kier alpha value is -3.15. The minimum absolute atomic E-state index is 0.172. The van der Waals surface area contributed by atoms with E-state index in [4.69, 9.17) is 11.0 Å². The number of rotatable bonds is 3. The van der Waals surface area contributed by atoms with E-state index < -0.39 is 29.9 Å². The summed E-state index contributed by atoms with van der Waals surface area (Å²) < 4.78 is 54.9. The summed E-state index contributed by atoms with van der Waals surface area (Å²) in [7, 11) is 0. The first-order valence-electron chi connectivity index (χ1n) is 7.98. The summed E-state index contributed by atoms with van der Waals surface area (Å²) in [6.07, 6.45) is -3.63. The molecule has 0 saturated carbocycles. The van der Waals surface area contributed by atoms with E-state index in [0.717, 1.165) is 6.07 Å². The second kappa shape index (κ2) is 6.54. The first kappa shape index (κ1) is 18.6. The number of hydrogen-bond acceptors (Lipinski definition) is 5. The number of nitriles is 1. The molecule has 9 heteroatoms. The first-order chi connectivity index (χ1) is 12.6. The summed E-state index contributed by atoms with van der Waals surface area (Å²) in [5.41, 5.74) is 3.96. The van der Waals surface area contributed by atoms with Crippen molar-refractivity contribution in [3.8, 4) is 6.07 Å². The van der Waals surface area contributed by atoms with Crippen LogP contribution in [0, 0.1) is 23.1 Å². The predicted molar refractivity (Wildman–Crippen MR) is 91.8 cm³/mol. The predicted octanol–water partition coefficient (Wildman–Crippen LogP) is 3.99. The third-order valence-electron chi connectivity index (χ3n) is 4.57. The Balaban J connectivity index is 2.04. The average molecular weight is 377 g/mol. The van der Waals surface area contributed by atoms with E-state index in [0.29, 0.717) is 0 Å². The van der Waals surface area contributed by atoms with Crippen molar-refractivity contribution in [2.75, 3.05) is 5.32 Å². The maximum atomic E-state index is 14.5. The highest BCUT2D eigenvalue weighted by molar-refractivity contribution is 5.83. The summed E-state index contributed by atoms with van der Waals surface area (Å²) in [4.78, 5) is 7.94. The molecule has 0 radical (unpaired) electrons. The molecule has 0 aliphatic carbocycles. The second-order valence-electron chi connectivity index (χ2n) is 6.38. The smallest absolute Gasteiger partial charge is 0.387 e. The lowest BCUT2D eigenvalue weighted by Crippen LogP contribution is -2.38. The van der Waals surface area contributed by atoms with Gasteiger partial charge in [-0.05, 0) is 37.3 Å². The Morgan fingerprint density at radius 3 is 2.74 bits per heavy atom. The van der Waals surface area contributed by atoms with Gasteiger partial charge in [-0.3, -0.25) is 4.99 Å². The van der Waals surface area contributed by atoms with Crippen LogP contribution >= 0.6 is 0 Å². The van der Waals surface area contributed by atoms with E-state index in [2.05, 4.69) is 15.3 Å². The van der Waals surface area contributed by atoms with Crippen LogP contribution in [-0.4, -0.2) is 17.0 Å². The molecular formula is C18H15F4N5. The van der Waals surface area contributed by atoms with Crippen molar-refractivity contribution in [2.45, 2.75) is 25.1 Å². The average Bonchev–Trinajstić information content (AvgIpc) is 2.93. The van der Waals surface area contributed by atoms with Gasteiger partial charge in [0.05, 0.1) is 22.9 Å². The van der Waals surface area contributed by atoms with Gasteiger partial charge in [0.15, 0.2) is 0 Å². The highest BCUT2D eigenvalue weighted by Gasteiger charge is 2.56. The zero-order valence-electron chi connectivity index (χ0n) is 14.2. The Labute approximate surface area is 152 Å². The molecular weight excluding hydrogens is 362 g/mol. The van der Waals surface area contributed by atoms with Crippen LogP contribution in [-0.2, 0) is 5.54 Å². The largest absolute Gasteiger partial charge is 0.394 e. The Morgan fingerprint density at radius 2 is 2.07 bits per heavy atom. The summed E-state index contributed by atoms with van der Waals surface area (Å²) >= 11 is 0. The number of benzene rings is 1. The fourth-order valence-electron chi connectivity index (χ4n) is 3.23. The van der Waals surface area contributed by atoms with Crippen LogP contribution in [0.1, 0.15) is 24.5 Å². The molecule has 0 fully saturated rings. The van der Waals surface area contributed by atoms with Gasteiger partial charge in [0.25, 0.3) is 0 Å². The SMILES string of the molecule is C[C@@]1(c2cc(Nc3ncccc3C#N)ccc2F)N=C(N)C[C@@H]1C(F)(F)F. The summed E-state index contributed by atoms with van der Waals surface area (Å²) in [5.74, 6) is -2.71. The molecule has 1 aromatic carbocycles. The molecule has 1 aliphatic rings. The molecule has 0 amide bonds. The van der Waals surface area contributed by atoms with Crippen molar-refractivity contribution in [1.29, 1.82) is 5.26 Å². The molecule has 3 rings (SSSR count). The number of aliphatic imine (C=N–C) groups is 1. The second-order valence-corrected chi connectivity index (χ2v) is 6.38. The molecule has 1 aliphatic heterocycles. The summed E-state index contributed by atoms with van der Waals surface area (Å²) in [6.45, 7) is 1.22. The van der Waals surface area contributed by atoms with Crippen LogP contribution in [0.5, 0.6) is 0 Å². The van der Waals surface area contributed by atoms with Gasteiger partial charge in [-0.2, -0.15) is 18.4 Å². The lowest BCUT2D eigenvalue weighted by atomic mass is 9.79. The molecule has 2 heterocycles. The van der Waals surface area contributed by atoms with Crippen LogP contribution in [0.3, 0.4) is 0 Å². The van der Waals surface area contributed by atoms with Crippen molar-refractivity contribution < 1.29 is 17.6 Å². The van der Waals surface area contributed by atoms with Crippen LogP contribution in [0.25, 0.3) is 0 Å². The van der Waals surface area contributed by atoms with Crippen molar-refractivity contribution in [3.05, 3.63) is 53.5 Å². The van der Waals surface area contributed by atoms with E-state index in [9.17, 15) is 17.6 Å². The van der Waals surface area contributed by atoms with Crippen molar-refractivity contribution in [2.24, 2.45) is 16.6 Å². The number of nitrogens with zero attached hydrogens (tertiary/aromatic N) is 3. The minimum Gasteiger partial charge on any atom is -0.387 e. The monoisotopic (exact) mass is 377 g/mol. The third kappa shape index (κ3) is 3.43. The number of halogens is 4. The van der Waals surface area contributed by atoms with E-state index in [1.165, 1.54) is 31.3 Å². The van der Waals surface area contributed by atoms with Crippen molar-refractivity contribution >= 4 is 17.3 Å². The molecule has 27 heavy (non-hydrogen) atoms. The number of nitrogens with two attached hydrogens (primary N) is 1. The quantitative estimate of drug-likeness (QED) is 0.792. The van der Waals surface area contributed by atoms with Gasteiger partial charge < -0.3 is 11.1 Å². The lowest BCUT2D eigenvalue weighted by Gasteiger charge is -2.31. The topological polar surface area (TPSA) is 87.1 Å². The fourth-order valence-corrected chi connectivity index (χ4v) is 3.23. The molecule has 5 nitrogen and oxygen atoms in total. The maximum absolute atomic E-state index is 14.5. The van der Waals surface area contributed by atoms with Crippen molar-refractivity contribution in [3.63, 3.8) is 0 Å². The molecule has 3 N–H and O–H groups in total. The molecule has 0 bridgehead atoms. The van der Waals surface area contributed by atoms with Crippen LogP contribution in [0.4, 0.5) is 29.1 Å². The first-order valence-corrected chi connectivity index (χ1v) is 7.98. The molecule has 2 atom stereocenters. The molecule has 1 aromatic heterocycles.